The molecule has 22 heavy (non-hydrogen) atoms. The molecule has 1 aromatic heterocycles. The van der Waals surface area contributed by atoms with Crippen LogP contribution in [0.4, 0.5) is 10.2 Å². The van der Waals surface area contributed by atoms with Crippen molar-refractivity contribution in [1.82, 2.24) is 4.98 Å². The molecule has 1 fully saturated rings. The maximum absolute atomic E-state index is 14.1. The number of benzene rings is 1. The van der Waals surface area contributed by atoms with Crippen LogP contribution in [-0.2, 0) is 4.79 Å². The number of amides is 1. The Morgan fingerprint density at radius 3 is 2.86 bits per heavy atom. The quantitative estimate of drug-likeness (QED) is 0.840. The topological polar surface area (TPSA) is 33.2 Å². The largest absolute Gasteiger partial charge is 0.285 e. The summed E-state index contributed by atoms with van der Waals surface area (Å²) in [4.78, 5) is 19.8. The number of hydrogen-bond donors (Lipinski definition) is 0. The second-order valence-electron chi connectivity index (χ2n) is 5.77. The molecule has 112 valence electrons. The van der Waals surface area contributed by atoms with E-state index in [0.29, 0.717) is 23.0 Å². The molecule has 0 spiro atoms. The van der Waals surface area contributed by atoms with Crippen molar-refractivity contribution in [2.24, 2.45) is 5.92 Å². The fourth-order valence-electron chi connectivity index (χ4n) is 2.72. The van der Waals surface area contributed by atoms with Crippen molar-refractivity contribution in [1.29, 1.82) is 0 Å². The Morgan fingerprint density at radius 2 is 2.14 bits per heavy atom. The lowest BCUT2D eigenvalue weighted by atomic mass is 10.1. The lowest BCUT2D eigenvalue weighted by Gasteiger charge is -2.16. The van der Waals surface area contributed by atoms with Crippen LogP contribution in [0.5, 0.6) is 0 Å². The van der Waals surface area contributed by atoms with Crippen LogP contribution in [0.3, 0.4) is 0 Å². The minimum Gasteiger partial charge on any atom is -0.285 e. The molecule has 5 heteroatoms. The van der Waals surface area contributed by atoms with Crippen molar-refractivity contribution in [3.63, 3.8) is 0 Å². The van der Waals surface area contributed by atoms with E-state index in [0.717, 1.165) is 23.3 Å². The van der Waals surface area contributed by atoms with E-state index in [1.54, 1.807) is 34.9 Å². The Balaban J connectivity index is 1.80. The minimum atomic E-state index is -0.288. The molecule has 0 atom stereocenters. The summed E-state index contributed by atoms with van der Waals surface area (Å²) in [6, 6.07) is 8.64. The number of hydrogen-bond acceptors (Lipinski definition) is 3. The van der Waals surface area contributed by atoms with Crippen LogP contribution in [0.25, 0.3) is 11.3 Å². The van der Waals surface area contributed by atoms with Gasteiger partial charge in [-0.15, -0.1) is 11.8 Å². The van der Waals surface area contributed by atoms with E-state index < -0.39 is 0 Å². The first-order valence-electron chi connectivity index (χ1n) is 7.36. The summed E-state index contributed by atoms with van der Waals surface area (Å²) in [5, 5.41) is 0. The number of fused-ring (bicyclic) bond motifs is 1. The van der Waals surface area contributed by atoms with Crippen molar-refractivity contribution in [3.8, 4) is 11.3 Å². The fraction of sp³-hybridized carbons (Fsp3) is 0.294. The number of pyridine rings is 1. The normalized spacial score (nSPS) is 16.7. The molecule has 0 N–H and O–H groups in total. The van der Waals surface area contributed by atoms with Gasteiger partial charge >= 0.3 is 0 Å². The molecule has 1 aliphatic heterocycles. The monoisotopic (exact) mass is 314 g/mol. The SMILES string of the molecule is Cc1cc2c(nc1-c1ccccc1F)N(C(=O)C1CC1)CS2. The van der Waals surface area contributed by atoms with Crippen molar-refractivity contribution in [3.05, 3.63) is 41.7 Å². The van der Waals surface area contributed by atoms with E-state index >= 15 is 0 Å². The average molecular weight is 314 g/mol. The first kappa shape index (κ1) is 13.8. The Hall–Kier alpha value is -1.88. The lowest BCUT2D eigenvalue weighted by Crippen LogP contribution is -2.30. The standard InChI is InChI=1S/C17H15FN2OS/c1-10-8-14-16(20(9-22-14)17(21)11-6-7-11)19-15(10)12-4-2-3-5-13(12)18/h2-5,8,11H,6-7,9H2,1H3. The maximum Gasteiger partial charge on any atom is 0.232 e. The van der Waals surface area contributed by atoms with Gasteiger partial charge in [-0.1, -0.05) is 12.1 Å². The number of thioether (sulfide) groups is 1. The molecule has 0 unspecified atom stereocenters. The molecule has 2 aromatic rings. The molecular weight excluding hydrogens is 299 g/mol. The Morgan fingerprint density at radius 1 is 1.36 bits per heavy atom. The molecular formula is C17H15FN2OS. The molecule has 4 rings (SSSR count). The van der Waals surface area contributed by atoms with Gasteiger partial charge in [0.15, 0.2) is 0 Å². The Kier molecular flexibility index (Phi) is 3.18. The number of rotatable bonds is 2. The minimum absolute atomic E-state index is 0.155. The number of aryl methyl sites for hydroxylation is 1. The zero-order valence-electron chi connectivity index (χ0n) is 12.2. The van der Waals surface area contributed by atoms with Gasteiger partial charge in [-0.2, -0.15) is 0 Å². The van der Waals surface area contributed by atoms with Gasteiger partial charge in [0.2, 0.25) is 5.91 Å². The highest BCUT2D eigenvalue weighted by Gasteiger charge is 2.38. The number of halogens is 1. The van der Waals surface area contributed by atoms with Crippen LogP contribution in [0.15, 0.2) is 35.2 Å². The van der Waals surface area contributed by atoms with E-state index in [1.807, 2.05) is 13.0 Å². The van der Waals surface area contributed by atoms with Gasteiger partial charge in [-0.25, -0.2) is 9.37 Å². The van der Waals surface area contributed by atoms with Crippen LogP contribution in [0.2, 0.25) is 0 Å². The van der Waals surface area contributed by atoms with E-state index in [4.69, 9.17) is 0 Å². The number of carbonyl (C=O) groups excluding carboxylic acids is 1. The van der Waals surface area contributed by atoms with Crippen molar-refractivity contribution in [2.45, 2.75) is 24.7 Å². The molecule has 0 bridgehead atoms. The summed E-state index contributed by atoms with van der Waals surface area (Å²) < 4.78 is 14.1. The molecule has 1 aliphatic carbocycles. The van der Waals surface area contributed by atoms with Gasteiger partial charge in [0.25, 0.3) is 0 Å². The zero-order chi connectivity index (χ0) is 15.3. The van der Waals surface area contributed by atoms with Crippen molar-refractivity contribution in [2.75, 3.05) is 10.8 Å². The summed E-state index contributed by atoms with van der Waals surface area (Å²) >= 11 is 1.62. The molecule has 3 nitrogen and oxygen atoms in total. The van der Waals surface area contributed by atoms with Crippen LogP contribution in [0, 0.1) is 18.7 Å². The van der Waals surface area contributed by atoms with Crippen LogP contribution in [-0.4, -0.2) is 16.8 Å². The van der Waals surface area contributed by atoms with E-state index in [2.05, 4.69) is 4.98 Å². The van der Waals surface area contributed by atoms with E-state index in [9.17, 15) is 9.18 Å². The van der Waals surface area contributed by atoms with Gasteiger partial charge in [-0.3, -0.25) is 9.69 Å². The molecule has 1 saturated carbocycles. The average Bonchev–Trinajstić information content (AvgIpc) is 3.28. The van der Waals surface area contributed by atoms with Gasteiger partial charge in [0, 0.05) is 11.5 Å². The number of aromatic nitrogens is 1. The van der Waals surface area contributed by atoms with Crippen LogP contribution < -0.4 is 4.90 Å². The predicted octanol–water partition coefficient (Wildman–Crippen LogP) is 4.00. The third-order valence-electron chi connectivity index (χ3n) is 4.09. The molecule has 2 heterocycles. The summed E-state index contributed by atoms with van der Waals surface area (Å²) in [5.74, 6) is 1.32. The highest BCUT2D eigenvalue weighted by atomic mass is 32.2. The lowest BCUT2D eigenvalue weighted by molar-refractivity contribution is -0.119. The highest BCUT2D eigenvalue weighted by Crippen LogP contribution is 2.43. The van der Waals surface area contributed by atoms with Gasteiger partial charge in [-0.05, 0) is 43.5 Å². The van der Waals surface area contributed by atoms with Gasteiger partial charge < -0.3 is 0 Å². The number of nitrogens with zero attached hydrogens (tertiary/aromatic N) is 2. The maximum atomic E-state index is 14.1. The zero-order valence-corrected chi connectivity index (χ0v) is 13.0. The third kappa shape index (κ3) is 2.20. The molecule has 1 amide bonds. The van der Waals surface area contributed by atoms with Crippen LogP contribution >= 0.6 is 11.8 Å². The van der Waals surface area contributed by atoms with E-state index in [1.165, 1.54) is 6.07 Å². The summed E-state index contributed by atoms with van der Waals surface area (Å²) in [5.41, 5.74) is 2.03. The van der Waals surface area contributed by atoms with E-state index in [-0.39, 0.29) is 17.6 Å². The van der Waals surface area contributed by atoms with Crippen molar-refractivity contribution < 1.29 is 9.18 Å². The van der Waals surface area contributed by atoms with Gasteiger partial charge in [0.1, 0.15) is 11.6 Å². The summed E-state index contributed by atoms with van der Waals surface area (Å²) in [7, 11) is 0. The molecule has 2 aliphatic rings. The number of carbonyl (C=O) groups is 1. The first-order valence-corrected chi connectivity index (χ1v) is 8.34. The van der Waals surface area contributed by atoms with Crippen molar-refractivity contribution >= 4 is 23.5 Å². The first-order chi connectivity index (χ1) is 10.6. The Labute approximate surface area is 132 Å². The highest BCUT2D eigenvalue weighted by molar-refractivity contribution is 8.00. The smallest absolute Gasteiger partial charge is 0.232 e. The second-order valence-corrected chi connectivity index (χ2v) is 6.76. The number of anilines is 1. The molecule has 1 aromatic carbocycles. The van der Waals surface area contributed by atoms with Crippen LogP contribution in [0.1, 0.15) is 18.4 Å². The Bertz CT molecular complexity index is 773. The second kappa shape index (κ2) is 5.09. The molecule has 0 saturated heterocycles. The molecule has 0 radical (unpaired) electrons. The summed E-state index contributed by atoms with van der Waals surface area (Å²) in [6.45, 7) is 1.93. The fourth-order valence-corrected chi connectivity index (χ4v) is 3.78. The predicted molar refractivity (Wildman–Crippen MR) is 85.3 cm³/mol. The third-order valence-corrected chi connectivity index (χ3v) is 5.08. The summed E-state index contributed by atoms with van der Waals surface area (Å²) in [6.07, 6.45) is 1.95. The van der Waals surface area contributed by atoms with Gasteiger partial charge in [0.05, 0.1) is 16.5 Å².